The SMILES string of the molecule is CCOC(=O)CC(O)CC(=O)N(CC)CC. The largest absolute Gasteiger partial charge is 0.466 e. The summed E-state index contributed by atoms with van der Waals surface area (Å²) in [5, 5.41) is 9.51. The third-order valence-electron chi connectivity index (χ3n) is 2.23. The number of aliphatic hydroxyl groups is 1. The Hall–Kier alpha value is -1.10. The fourth-order valence-electron chi connectivity index (χ4n) is 1.39. The molecule has 0 aromatic heterocycles. The standard InChI is InChI=1S/C11H21NO4/c1-4-12(5-2)10(14)7-9(13)8-11(15)16-6-3/h9,13H,4-8H2,1-3H3. The van der Waals surface area contributed by atoms with Gasteiger partial charge in [0.25, 0.3) is 0 Å². The molecule has 1 unspecified atom stereocenters. The van der Waals surface area contributed by atoms with Gasteiger partial charge in [-0.15, -0.1) is 0 Å². The second-order valence-corrected chi connectivity index (χ2v) is 3.43. The number of nitrogens with zero attached hydrogens (tertiary/aromatic N) is 1. The van der Waals surface area contributed by atoms with E-state index in [4.69, 9.17) is 0 Å². The average molecular weight is 231 g/mol. The number of esters is 1. The van der Waals surface area contributed by atoms with E-state index in [1.54, 1.807) is 11.8 Å². The van der Waals surface area contributed by atoms with E-state index in [0.717, 1.165) is 0 Å². The Morgan fingerprint density at radius 3 is 2.19 bits per heavy atom. The van der Waals surface area contributed by atoms with Crippen molar-refractivity contribution in [3.05, 3.63) is 0 Å². The number of carbonyl (C=O) groups excluding carboxylic acids is 2. The van der Waals surface area contributed by atoms with Crippen LogP contribution in [-0.2, 0) is 14.3 Å². The van der Waals surface area contributed by atoms with Gasteiger partial charge in [0.1, 0.15) is 0 Å². The van der Waals surface area contributed by atoms with E-state index in [9.17, 15) is 14.7 Å². The van der Waals surface area contributed by atoms with Gasteiger partial charge in [-0.3, -0.25) is 9.59 Å². The van der Waals surface area contributed by atoms with Gasteiger partial charge in [0, 0.05) is 13.1 Å². The minimum absolute atomic E-state index is 0.0273. The maximum atomic E-state index is 11.6. The predicted octanol–water partition coefficient (Wildman–Crippen LogP) is 0.559. The van der Waals surface area contributed by atoms with Gasteiger partial charge < -0.3 is 14.7 Å². The maximum absolute atomic E-state index is 11.6. The first-order chi connectivity index (χ1) is 7.54. The lowest BCUT2D eigenvalue weighted by Crippen LogP contribution is -2.33. The van der Waals surface area contributed by atoms with Crippen LogP contribution in [0, 0.1) is 0 Å². The van der Waals surface area contributed by atoms with Crippen LogP contribution in [0.1, 0.15) is 33.6 Å². The van der Waals surface area contributed by atoms with Gasteiger partial charge in [0.2, 0.25) is 5.91 Å². The molecule has 0 aliphatic heterocycles. The molecule has 0 aromatic rings. The van der Waals surface area contributed by atoms with E-state index in [1.807, 2.05) is 13.8 Å². The fourth-order valence-corrected chi connectivity index (χ4v) is 1.39. The fraction of sp³-hybridized carbons (Fsp3) is 0.818. The van der Waals surface area contributed by atoms with Crippen LogP contribution in [0.4, 0.5) is 0 Å². The molecular formula is C11H21NO4. The van der Waals surface area contributed by atoms with Crippen molar-refractivity contribution in [2.75, 3.05) is 19.7 Å². The van der Waals surface area contributed by atoms with Crippen LogP contribution in [0.15, 0.2) is 0 Å². The van der Waals surface area contributed by atoms with E-state index < -0.39 is 12.1 Å². The molecule has 0 bridgehead atoms. The first-order valence-corrected chi connectivity index (χ1v) is 5.66. The highest BCUT2D eigenvalue weighted by Crippen LogP contribution is 2.03. The van der Waals surface area contributed by atoms with Gasteiger partial charge in [0.05, 0.1) is 25.6 Å². The Morgan fingerprint density at radius 1 is 1.19 bits per heavy atom. The van der Waals surface area contributed by atoms with Crippen molar-refractivity contribution in [3.8, 4) is 0 Å². The topological polar surface area (TPSA) is 66.8 Å². The first-order valence-electron chi connectivity index (χ1n) is 5.66. The number of hydrogen-bond donors (Lipinski definition) is 1. The Kier molecular flexibility index (Phi) is 7.54. The number of carbonyl (C=O) groups is 2. The minimum atomic E-state index is -0.952. The first kappa shape index (κ1) is 14.9. The van der Waals surface area contributed by atoms with Crippen molar-refractivity contribution < 1.29 is 19.4 Å². The summed E-state index contributed by atoms with van der Waals surface area (Å²) in [6, 6.07) is 0. The molecule has 5 nitrogen and oxygen atoms in total. The lowest BCUT2D eigenvalue weighted by atomic mass is 10.1. The molecule has 0 saturated carbocycles. The highest BCUT2D eigenvalue weighted by atomic mass is 16.5. The van der Waals surface area contributed by atoms with E-state index >= 15 is 0 Å². The van der Waals surface area contributed by atoms with Crippen molar-refractivity contribution in [1.82, 2.24) is 4.90 Å². The third-order valence-corrected chi connectivity index (χ3v) is 2.23. The zero-order valence-electron chi connectivity index (χ0n) is 10.2. The zero-order chi connectivity index (χ0) is 12.6. The molecule has 1 amide bonds. The molecule has 0 heterocycles. The van der Waals surface area contributed by atoms with E-state index in [2.05, 4.69) is 4.74 Å². The summed E-state index contributed by atoms with van der Waals surface area (Å²) < 4.78 is 4.68. The normalized spacial score (nSPS) is 12.0. The minimum Gasteiger partial charge on any atom is -0.466 e. The highest BCUT2D eigenvalue weighted by molar-refractivity contribution is 5.78. The van der Waals surface area contributed by atoms with Crippen LogP contribution in [0.5, 0.6) is 0 Å². The molecule has 0 aliphatic carbocycles. The summed E-state index contributed by atoms with van der Waals surface area (Å²) in [4.78, 5) is 24.2. The van der Waals surface area contributed by atoms with E-state index in [-0.39, 0.29) is 25.4 Å². The van der Waals surface area contributed by atoms with Crippen molar-refractivity contribution in [1.29, 1.82) is 0 Å². The van der Waals surface area contributed by atoms with Crippen LogP contribution < -0.4 is 0 Å². The summed E-state index contributed by atoms with van der Waals surface area (Å²) in [7, 11) is 0. The van der Waals surface area contributed by atoms with Gasteiger partial charge in [-0.1, -0.05) is 0 Å². The number of amides is 1. The number of aliphatic hydroxyl groups excluding tert-OH is 1. The monoisotopic (exact) mass is 231 g/mol. The number of ether oxygens (including phenoxy) is 1. The van der Waals surface area contributed by atoms with Crippen LogP contribution in [-0.4, -0.2) is 47.7 Å². The lowest BCUT2D eigenvalue weighted by Gasteiger charge is -2.20. The molecule has 94 valence electrons. The van der Waals surface area contributed by atoms with Gasteiger partial charge >= 0.3 is 5.97 Å². The molecule has 0 aliphatic rings. The second kappa shape index (κ2) is 8.10. The molecule has 0 rings (SSSR count). The Bertz CT molecular complexity index is 226. The van der Waals surface area contributed by atoms with Gasteiger partial charge in [0.15, 0.2) is 0 Å². The van der Waals surface area contributed by atoms with Gasteiger partial charge in [-0.2, -0.15) is 0 Å². The molecule has 1 atom stereocenters. The molecule has 16 heavy (non-hydrogen) atoms. The van der Waals surface area contributed by atoms with Crippen LogP contribution >= 0.6 is 0 Å². The molecular weight excluding hydrogens is 210 g/mol. The summed E-state index contributed by atoms with van der Waals surface area (Å²) in [5.74, 6) is -0.607. The van der Waals surface area contributed by atoms with Crippen LogP contribution in [0.2, 0.25) is 0 Å². The Labute approximate surface area is 96.4 Å². The van der Waals surface area contributed by atoms with Crippen LogP contribution in [0.3, 0.4) is 0 Å². The maximum Gasteiger partial charge on any atom is 0.308 e. The summed E-state index contributed by atoms with van der Waals surface area (Å²) in [6.07, 6.45) is -1.10. The third kappa shape index (κ3) is 5.70. The summed E-state index contributed by atoms with van der Waals surface area (Å²) in [6.45, 7) is 6.96. The quantitative estimate of drug-likeness (QED) is 0.650. The van der Waals surface area contributed by atoms with Gasteiger partial charge in [-0.25, -0.2) is 0 Å². The second-order valence-electron chi connectivity index (χ2n) is 3.43. The predicted molar refractivity (Wildman–Crippen MR) is 59.8 cm³/mol. The smallest absolute Gasteiger partial charge is 0.308 e. The molecule has 0 fully saturated rings. The van der Waals surface area contributed by atoms with E-state index in [1.165, 1.54) is 0 Å². The molecule has 1 N–H and O–H groups in total. The van der Waals surface area contributed by atoms with Crippen molar-refractivity contribution in [2.24, 2.45) is 0 Å². The Morgan fingerprint density at radius 2 is 1.75 bits per heavy atom. The zero-order valence-corrected chi connectivity index (χ0v) is 10.2. The molecule has 0 radical (unpaired) electrons. The van der Waals surface area contributed by atoms with Crippen LogP contribution in [0.25, 0.3) is 0 Å². The number of rotatable bonds is 7. The van der Waals surface area contributed by atoms with Crippen molar-refractivity contribution in [3.63, 3.8) is 0 Å². The molecule has 0 spiro atoms. The Balaban J connectivity index is 3.99. The average Bonchev–Trinajstić information content (AvgIpc) is 2.19. The van der Waals surface area contributed by atoms with Crippen molar-refractivity contribution in [2.45, 2.75) is 39.7 Å². The molecule has 0 aromatic carbocycles. The van der Waals surface area contributed by atoms with Crippen molar-refractivity contribution >= 4 is 11.9 Å². The lowest BCUT2D eigenvalue weighted by molar-refractivity contribution is -0.146. The summed E-state index contributed by atoms with van der Waals surface area (Å²) in [5.41, 5.74) is 0. The van der Waals surface area contributed by atoms with E-state index in [0.29, 0.717) is 13.1 Å². The van der Waals surface area contributed by atoms with Gasteiger partial charge in [-0.05, 0) is 20.8 Å². The molecule has 0 saturated heterocycles. The number of hydrogen-bond acceptors (Lipinski definition) is 4. The molecule has 5 heteroatoms. The summed E-state index contributed by atoms with van der Waals surface area (Å²) >= 11 is 0. The highest BCUT2D eigenvalue weighted by Gasteiger charge is 2.18.